The fourth-order valence-electron chi connectivity index (χ4n) is 3.43. The first-order valence-electron chi connectivity index (χ1n) is 6.77. The molecule has 3 nitrogen and oxygen atoms in total. The van der Waals surface area contributed by atoms with Crippen LogP contribution in [0.25, 0.3) is 0 Å². The van der Waals surface area contributed by atoms with E-state index < -0.39 is 0 Å². The van der Waals surface area contributed by atoms with Crippen LogP contribution < -0.4 is 0 Å². The summed E-state index contributed by atoms with van der Waals surface area (Å²) in [7, 11) is 4.57. The predicted octanol–water partition coefficient (Wildman–Crippen LogP) is 1.84. The molecule has 0 radical (unpaired) electrons. The lowest BCUT2D eigenvalue weighted by Crippen LogP contribution is -2.56. The zero-order chi connectivity index (χ0) is 12.9. The fraction of sp³-hybridized carbons (Fsp3) is 0.533. The number of nitrogens with zero attached hydrogens (tertiary/aromatic N) is 2. The van der Waals surface area contributed by atoms with E-state index in [0.717, 1.165) is 24.0 Å². The third-order valence-corrected chi connectivity index (χ3v) is 4.29. The van der Waals surface area contributed by atoms with Gasteiger partial charge in [0.25, 0.3) is 0 Å². The van der Waals surface area contributed by atoms with E-state index in [2.05, 4.69) is 25.9 Å². The van der Waals surface area contributed by atoms with E-state index in [1.165, 1.54) is 23.4 Å². The lowest BCUT2D eigenvalue weighted by atomic mass is 9.93. The van der Waals surface area contributed by atoms with Gasteiger partial charge in [-0.2, -0.15) is 0 Å². The molecular weight excluding hydrogens is 224 g/mol. The van der Waals surface area contributed by atoms with Gasteiger partial charge in [0, 0.05) is 12.1 Å². The molecule has 0 bridgehead atoms. The molecule has 2 heterocycles. The average Bonchev–Trinajstić information content (AvgIpc) is 2.59. The lowest BCUT2D eigenvalue weighted by molar-refractivity contribution is -0.906. The van der Waals surface area contributed by atoms with Crippen molar-refractivity contribution in [3.63, 3.8) is 0 Å². The molecule has 3 aliphatic rings. The molecule has 1 saturated heterocycles. The second kappa shape index (κ2) is 3.82. The summed E-state index contributed by atoms with van der Waals surface area (Å²) < 4.78 is 1.04. The predicted molar refractivity (Wildman–Crippen MR) is 71.6 cm³/mol. The van der Waals surface area contributed by atoms with E-state index in [9.17, 15) is 4.79 Å². The Labute approximate surface area is 109 Å². The SMILES string of the molecule is CCC1=C2C=CC(=O)C=C2C2CC[N+](C)(C)CN12. The van der Waals surface area contributed by atoms with Crippen molar-refractivity contribution in [3.8, 4) is 0 Å². The third-order valence-electron chi connectivity index (χ3n) is 4.29. The second-order valence-corrected chi connectivity index (χ2v) is 6.12. The zero-order valence-electron chi connectivity index (χ0n) is 11.4. The minimum atomic E-state index is 0.144. The van der Waals surface area contributed by atoms with Crippen molar-refractivity contribution in [2.75, 3.05) is 27.3 Å². The summed E-state index contributed by atoms with van der Waals surface area (Å²) in [6.07, 6.45) is 7.76. The highest BCUT2D eigenvalue weighted by atomic mass is 16.1. The number of carbonyl (C=O) groups is 1. The molecule has 3 rings (SSSR count). The first-order chi connectivity index (χ1) is 8.52. The van der Waals surface area contributed by atoms with Gasteiger partial charge in [0.1, 0.15) is 0 Å². The quantitative estimate of drug-likeness (QED) is 0.657. The van der Waals surface area contributed by atoms with Crippen LogP contribution in [0.1, 0.15) is 19.8 Å². The number of fused-ring (bicyclic) bond motifs is 3. The summed E-state index contributed by atoms with van der Waals surface area (Å²) >= 11 is 0. The molecule has 1 atom stereocenters. The number of ketones is 1. The second-order valence-electron chi connectivity index (χ2n) is 6.12. The van der Waals surface area contributed by atoms with Crippen LogP contribution in [-0.4, -0.2) is 48.5 Å². The van der Waals surface area contributed by atoms with Crippen molar-refractivity contribution in [2.45, 2.75) is 25.8 Å². The monoisotopic (exact) mass is 245 g/mol. The van der Waals surface area contributed by atoms with Crippen LogP contribution in [0, 0.1) is 0 Å². The van der Waals surface area contributed by atoms with Crippen LogP contribution in [0.2, 0.25) is 0 Å². The van der Waals surface area contributed by atoms with Crippen LogP contribution in [0.5, 0.6) is 0 Å². The van der Waals surface area contributed by atoms with Gasteiger partial charge in [0.15, 0.2) is 12.5 Å². The van der Waals surface area contributed by atoms with Crippen LogP contribution in [0.4, 0.5) is 0 Å². The van der Waals surface area contributed by atoms with E-state index in [4.69, 9.17) is 0 Å². The van der Waals surface area contributed by atoms with Crippen molar-refractivity contribution in [1.82, 2.24) is 4.90 Å². The third kappa shape index (κ3) is 1.65. The minimum Gasteiger partial charge on any atom is -0.321 e. The molecule has 0 amide bonds. The topological polar surface area (TPSA) is 20.3 Å². The molecule has 1 fully saturated rings. The normalized spacial score (nSPS) is 29.3. The molecule has 2 aliphatic heterocycles. The molecule has 96 valence electrons. The van der Waals surface area contributed by atoms with Gasteiger partial charge < -0.3 is 9.38 Å². The van der Waals surface area contributed by atoms with Crippen LogP contribution in [0.15, 0.2) is 35.1 Å². The zero-order valence-corrected chi connectivity index (χ0v) is 11.4. The molecule has 0 aromatic heterocycles. The Morgan fingerprint density at radius 1 is 1.39 bits per heavy atom. The molecule has 1 aliphatic carbocycles. The maximum absolute atomic E-state index is 11.6. The Hall–Kier alpha value is -1.35. The van der Waals surface area contributed by atoms with Gasteiger partial charge in [-0.3, -0.25) is 4.79 Å². The van der Waals surface area contributed by atoms with Gasteiger partial charge in [0.05, 0.1) is 26.7 Å². The van der Waals surface area contributed by atoms with E-state index in [1.54, 1.807) is 6.08 Å². The molecular formula is C15H21N2O+. The molecule has 18 heavy (non-hydrogen) atoms. The lowest BCUT2D eigenvalue weighted by Gasteiger charge is -2.44. The Balaban J connectivity index is 2.04. The first kappa shape index (κ1) is 11.7. The molecule has 0 saturated carbocycles. The van der Waals surface area contributed by atoms with Crippen LogP contribution >= 0.6 is 0 Å². The largest absolute Gasteiger partial charge is 0.321 e. The summed E-state index contributed by atoms with van der Waals surface area (Å²) in [5.41, 5.74) is 3.99. The number of allylic oxidation sites excluding steroid dienone is 4. The Bertz CT molecular complexity index is 497. The Kier molecular flexibility index (Phi) is 2.49. The maximum atomic E-state index is 11.6. The van der Waals surface area contributed by atoms with Gasteiger partial charge in [-0.05, 0) is 35.8 Å². The van der Waals surface area contributed by atoms with Crippen molar-refractivity contribution >= 4 is 5.78 Å². The fourth-order valence-corrected chi connectivity index (χ4v) is 3.43. The molecule has 0 aromatic carbocycles. The van der Waals surface area contributed by atoms with Gasteiger partial charge in [-0.1, -0.05) is 6.92 Å². The summed E-state index contributed by atoms with van der Waals surface area (Å²) in [6, 6.07) is 0.440. The van der Waals surface area contributed by atoms with Crippen molar-refractivity contribution < 1.29 is 9.28 Å². The van der Waals surface area contributed by atoms with E-state index in [-0.39, 0.29) is 5.78 Å². The van der Waals surface area contributed by atoms with Crippen LogP contribution in [0.3, 0.4) is 0 Å². The number of quaternary nitrogens is 1. The molecule has 0 aromatic rings. The summed E-state index contributed by atoms with van der Waals surface area (Å²) in [5, 5.41) is 0. The average molecular weight is 245 g/mol. The Morgan fingerprint density at radius 3 is 2.89 bits per heavy atom. The Morgan fingerprint density at radius 2 is 2.17 bits per heavy atom. The summed E-state index contributed by atoms with van der Waals surface area (Å²) in [4.78, 5) is 14.1. The van der Waals surface area contributed by atoms with Gasteiger partial charge in [-0.25, -0.2) is 0 Å². The first-order valence-corrected chi connectivity index (χ1v) is 6.77. The molecule has 3 heteroatoms. The van der Waals surface area contributed by atoms with Gasteiger partial charge >= 0.3 is 0 Å². The molecule has 1 unspecified atom stereocenters. The molecule has 0 N–H and O–H groups in total. The highest BCUT2D eigenvalue weighted by Crippen LogP contribution is 2.41. The maximum Gasteiger partial charge on any atom is 0.179 e. The summed E-state index contributed by atoms with van der Waals surface area (Å²) in [6.45, 7) is 4.44. The minimum absolute atomic E-state index is 0.144. The van der Waals surface area contributed by atoms with Crippen molar-refractivity contribution in [3.05, 3.63) is 35.1 Å². The van der Waals surface area contributed by atoms with E-state index in [0.29, 0.717) is 6.04 Å². The highest BCUT2D eigenvalue weighted by molar-refractivity contribution is 6.02. The van der Waals surface area contributed by atoms with E-state index >= 15 is 0 Å². The number of carbonyl (C=O) groups excluding carboxylic acids is 1. The van der Waals surface area contributed by atoms with Crippen LogP contribution in [-0.2, 0) is 4.79 Å². The van der Waals surface area contributed by atoms with Gasteiger partial charge in [-0.15, -0.1) is 0 Å². The van der Waals surface area contributed by atoms with Gasteiger partial charge in [0.2, 0.25) is 0 Å². The van der Waals surface area contributed by atoms with E-state index in [1.807, 2.05) is 12.2 Å². The van der Waals surface area contributed by atoms with Crippen molar-refractivity contribution in [2.24, 2.45) is 0 Å². The van der Waals surface area contributed by atoms with Crippen molar-refractivity contribution in [1.29, 1.82) is 0 Å². The summed E-state index contributed by atoms with van der Waals surface area (Å²) in [5.74, 6) is 0.144. The number of rotatable bonds is 1. The number of hydrogen-bond acceptors (Lipinski definition) is 2. The number of hydrogen-bond donors (Lipinski definition) is 0. The molecule has 0 spiro atoms. The smallest absolute Gasteiger partial charge is 0.179 e. The standard InChI is InChI=1S/C15H21N2O/c1-4-14-12-6-5-11(18)9-13(12)15-7-8-17(2,3)10-16(14)15/h5-6,9,15H,4,7-8,10H2,1-3H3/q+1. The highest BCUT2D eigenvalue weighted by Gasteiger charge is 2.42.